The summed E-state index contributed by atoms with van der Waals surface area (Å²) < 4.78 is 60.6. The molecule has 4 aromatic carbocycles. The number of ether oxygens (including phenoxy) is 1. The van der Waals surface area contributed by atoms with Crippen LogP contribution in [0.5, 0.6) is 5.75 Å². The van der Waals surface area contributed by atoms with Crippen molar-refractivity contribution in [3.05, 3.63) is 114 Å². The number of methoxy groups -OCH3 is 1. The molecule has 0 amide bonds. The number of rotatable bonds is 13. The SMILES string of the molecule is COc1ccc(Cn2nnc(-c3c(N4CCC(CO)CC4C)ccc(S(=O)O)c3S(=O)(=O)N(Cc3ccccc3)Cc3ccccc3)n2)cc1. The summed E-state index contributed by atoms with van der Waals surface area (Å²) in [5.41, 5.74) is 2.97. The molecule has 6 rings (SSSR count). The van der Waals surface area contributed by atoms with E-state index < -0.39 is 21.1 Å². The summed E-state index contributed by atoms with van der Waals surface area (Å²) >= 11 is -2.69. The molecule has 0 saturated carbocycles. The number of aromatic nitrogens is 4. The van der Waals surface area contributed by atoms with E-state index in [1.165, 1.54) is 15.2 Å². The van der Waals surface area contributed by atoms with Crippen LogP contribution in [-0.4, -0.2) is 73.1 Å². The average Bonchev–Trinajstić information content (AvgIpc) is 3.60. The van der Waals surface area contributed by atoms with Gasteiger partial charge in [0.1, 0.15) is 10.6 Å². The number of tetrazole rings is 1. The molecule has 1 aliphatic rings. The van der Waals surface area contributed by atoms with E-state index >= 15 is 8.42 Å². The van der Waals surface area contributed by atoms with E-state index in [0.29, 0.717) is 30.8 Å². The number of aliphatic hydroxyl groups is 1. The van der Waals surface area contributed by atoms with Crippen molar-refractivity contribution >= 4 is 26.8 Å². The van der Waals surface area contributed by atoms with Crippen LogP contribution in [0.1, 0.15) is 36.5 Å². The largest absolute Gasteiger partial charge is 0.497 e. The second-order valence-corrected chi connectivity index (χ2v) is 15.2. The van der Waals surface area contributed by atoms with Crippen molar-refractivity contribution in [2.75, 3.05) is 25.2 Å². The van der Waals surface area contributed by atoms with Crippen molar-refractivity contribution in [2.24, 2.45) is 5.92 Å². The van der Waals surface area contributed by atoms with Gasteiger partial charge in [-0.05, 0) is 71.9 Å². The van der Waals surface area contributed by atoms with Crippen LogP contribution in [0.2, 0.25) is 0 Å². The molecular weight excluding hydrogens is 677 g/mol. The fourth-order valence-electron chi connectivity index (χ4n) is 6.43. The molecule has 0 spiro atoms. The molecule has 12 nitrogen and oxygen atoms in total. The van der Waals surface area contributed by atoms with Gasteiger partial charge in [0.05, 0.1) is 24.1 Å². The number of piperidine rings is 1. The molecule has 3 unspecified atom stereocenters. The molecule has 50 heavy (non-hydrogen) atoms. The van der Waals surface area contributed by atoms with Crippen molar-refractivity contribution in [3.8, 4) is 17.1 Å². The highest BCUT2D eigenvalue weighted by atomic mass is 32.2. The lowest BCUT2D eigenvalue weighted by molar-refractivity contribution is 0.190. The first kappa shape index (κ1) is 35.4. The van der Waals surface area contributed by atoms with Gasteiger partial charge in [0.2, 0.25) is 15.8 Å². The second kappa shape index (κ2) is 15.6. The highest BCUT2D eigenvalue weighted by Crippen LogP contribution is 2.42. The minimum atomic E-state index is -4.52. The van der Waals surface area contributed by atoms with Gasteiger partial charge in [0, 0.05) is 38.0 Å². The zero-order valence-corrected chi connectivity index (χ0v) is 29.5. The molecule has 1 fully saturated rings. The van der Waals surface area contributed by atoms with E-state index in [9.17, 15) is 13.9 Å². The summed E-state index contributed by atoms with van der Waals surface area (Å²) in [6, 6.07) is 28.8. The highest BCUT2D eigenvalue weighted by Gasteiger charge is 2.38. The zero-order valence-electron chi connectivity index (χ0n) is 27.9. The standard InChI is InChI=1S/C36H40N6O6S2/c1-26-21-30(25-43)19-20-41(26)32-17-18-33(49(44)45)35(34(32)36-37-39-42(38-36)24-29-13-15-31(48-2)16-14-29)50(46,47)40(22-27-9-5-3-6-10-27)23-28-11-7-4-8-12-28/h3-18,26,30,43H,19-25H2,1-2H3,(H,44,45). The van der Waals surface area contributed by atoms with Crippen LogP contribution < -0.4 is 9.64 Å². The maximum absolute atomic E-state index is 15.2. The minimum absolute atomic E-state index is 0.00905. The van der Waals surface area contributed by atoms with Crippen LogP contribution in [0, 0.1) is 5.92 Å². The zero-order chi connectivity index (χ0) is 35.3. The summed E-state index contributed by atoms with van der Waals surface area (Å²) in [5.74, 6) is 0.812. The summed E-state index contributed by atoms with van der Waals surface area (Å²) in [6.07, 6.45) is 1.36. The smallest absolute Gasteiger partial charge is 0.245 e. The lowest BCUT2D eigenvalue weighted by atomic mass is 9.91. The van der Waals surface area contributed by atoms with Gasteiger partial charge in [-0.15, -0.1) is 10.2 Å². The van der Waals surface area contributed by atoms with Crippen molar-refractivity contribution in [2.45, 2.75) is 55.2 Å². The molecule has 1 saturated heterocycles. The molecule has 2 N–H and O–H groups in total. The summed E-state index contributed by atoms with van der Waals surface area (Å²) in [7, 11) is -2.93. The van der Waals surface area contributed by atoms with Gasteiger partial charge in [-0.1, -0.05) is 72.8 Å². The first-order valence-electron chi connectivity index (χ1n) is 16.3. The number of aliphatic hydroxyl groups excluding tert-OH is 1. The van der Waals surface area contributed by atoms with E-state index in [1.807, 2.05) is 91.9 Å². The minimum Gasteiger partial charge on any atom is -0.497 e. The Morgan fingerprint density at radius 2 is 1.56 bits per heavy atom. The van der Waals surface area contributed by atoms with Crippen LogP contribution in [0.3, 0.4) is 0 Å². The van der Waals surface area contributed by atoms with Crippen LogP contribution >= 0.6 is 0 Å². The van der Waals surface area contributed by atoms with Crippen LogP contribution in [-0.2, 0) is 40.7 Å². The van der Waals surface area contributed by atoms with Crippen molar-refractivity contribution in [1.82, 2.24) is 24.5 Å². The Hall–Kier alpha value is -4.47. The maximum Gasteiger partial charge on any atom is 0.245 e. The first-order chi connectivity index (χ1) is 24.2. The molecule has 14 heteroatoms. The second-order valence-electron chi connectivity index (χ2n) is 12.4. The predicted molar refractivity (Wildman–Crippen MR) is 190 cm³/mol. The van der Waals surface area contributed by atoms with Crippen LogP contribution in [0.25, 0.3) is 11.4 Å². The molecule has 3 atom stereocenters. The Morgan fingerprint density at radius 3 is 2.12 bits per heavy atom. The fourth-order valence-corrected chi connectivity index (χ4v) is 9.08. The Balaban J connectivity index is 1.53. The topological polar surface area (TPSA) is 151 Å². The summed E-state index contributed by atoms with van der Waals surface area (Å²) in [6.45, 7) is 2.86. The molecule has 1 aromatic heterocycles. The molecule has 262 valence electrons. The van der Waals surface area contributed by atoms with E-state index in [1.54, 1.807) is 13.2 Å². The molecule has 2 heterocycles. The quantitative estimate of drug-likeness (QED) is 0.160. The Labute approximate surface area is 294 Å². The molecule has 0 bridgehead atoms. The number of nitrogens with zero attached hydrogens (tertiary/aromatic N) is 6. The summed E-state index contributed by atoms with van der Waals surface area (Å²) in [5, 5.41) is 23.2. The predicted octanol–water partition coefficient (Wildman–Crippen LogP) is 4.97. The van der Waals surface area contributed by atoms with Crippen LogP contribution in [0.4, 0.5) is 5.69 Å². The van der Waals surface area contributed by atoms with E-state index in [2.05, 4.69) is 20.3 Å². The van der Waals surface area contributed by atoms with E-state index in [4.69, 9.17) is 4.74 Å². The number of anilines is 1. The van der Waals surface area contributed by atoms with Gasteiger partial charge >= 0.3 is 0 Å². The third-order valence-corrected chi connectivity index (χ3v) is 11.7. The fraction of sp³-hybridized carbons (Fsp3) is 0.306. The molecule has 1 aliphatic heterocycles. The normalized spacial score (nSPS) is 17.2. The number of sulfonamides is 1. The molecular formula is C36H40N6O6S2. The Morgan fingerprint density at radius 1 is 0.920 bits per heavy atom. The van der Waals surface area contributed by atoms with Gasteiger partial charge in [-0.25, -0.2) is 12.6 Å². The lowest BCUT2D eigenvalue weighted by Gasteiger charge is -2.40. The molecule has 0 aliphatic carbocycles. The average molecular weight is 717 g/mol. The number of hydrogen-bond donors (Lipinski definition) is 2. The van der Waals surface area contributed by atoms with Crippen LogP contribution in [0.15, 0.2) is 107 Å². The highest BCUT2D eigenvalue weighted by molar-refractivity contribution is 7.90. The van der Waals surface area contributed by atoms with Crippen molar-refractivity contribution in [1.29, 1.82) is 0 Å². The number of hydrogen-bond acceptors (Lipinski definition) is 9. The van der Waals surface area contributed by atoms with Crippen molar-refractivity contribution in [3.63, 3.8) is 0 Å². The monoisotopic (exact) mass is 716 g/mol. The Kier molecular flexibility index (Phi) is 11.0. The van der Waals surface area contributed by atoms with E-state index in [-0.39, 0.29) is 59.4 Å². The number of benzene rings is 4. The van der Waals surface area contributed by atoms with Gasteiger partial charge in [0.15, 0.2) is 11.1 Å². The van der Waals surface area contributed by atoms with Gasteiger partial charge in [-0.3, -0.25) is 0 Å². The third kappa shape index (κ3) is 7.79. The maximum atomic E-state index is 15.2. The third-order valence-electron chi connectivity index (χ3n) is 9.00. The van der Waals surface area contributed by atoms with E-state index in [0.717, 1.165) is 16.7 Å². The molecule has 0 radical (unpaired) electrons. The summed E-state index contributed by atoms with van der Waals surface area (Å²) in [4.78, 5) is 2.81. The van der Waals surface area contributed by atoms with Gasteiger partial charge in [0.25, 0.3) is 0 Å². The van der Waals surface area contributed by atoms with Gasteiger partial charge in [-0.2, -0.15) is 9.10 Å². The van der Waals surface area contributed by atoms with Gasteiger partial charge < -0.3 is 19.3 Å². The lowest BCUT2D eigenvalue weighted by Crippen LogP contribution is -2.42. The Bertz CT molecular complexity index is 1990. The van der Waals surface area contributed by atoms with Crippen molar-refractivity contribution < 1.29 is 27.0 Å². The first-order valence-corrected chi connectivity index (χ1v) is 18.9. The molecule has 5 aromatic rings.